The van der Waals surface area contributed by atoms with Crippen LogP contribution in [0.25, 0.3) is 0 Å². The second-order valence-corrected chi connectivity index (χ2v) is 8.83. The van der Waals surface area contributed by atoms with E-state index >= 15 is 0 Å². The van der Waals surface area contributed by atoms with E-state index in [4.69, 9.17) is 4.74 Å². The lowest BCUT2D eigenvalue weighted by Crippen LogP contribution is -2.62. The third kappa shape index (κ3) is 3.06. The van der Waals surface area contributed by atoms with Gasteiger partial charge in [0.15, 0.2) is 0 Å². The predicted molar refractivity (Wildman–Crippen MR) is 80.4 cm³/mol. The van der Waals surface area contributed by atoms with Crippen molar-refractivity contribution in [1.29, 1.82) is 0 Å². The molecule has 4 aliphatic rings. The molecule has 1 nitrogen and oxygen atoms in total. The van der Waals surface area contributed by atoms with Crippen molar-refractivity contribution in [2.24, 2.45) is 17.3 Å². The molecule has 0 N–H and O–H groups in total. The quantitative estimate of drug-likeness (QED) is 0.340. The summed E-state index contributed by atoms with van der Waals surface area (Å²) in [6.45, 7) is -2.00. The van der Waals surface area contributed by atoms with Crippen molar-refractivity contribution >= 4 is 15.9 Å². The SMILES string of the molecule is FC(F)C(F)(F)C(F)(F)C(F)(F)COC12CC3CC(CC(CBr)(C3)C1)C2. The van der Waals surface area contributed by atoms with E-state index in [1.54, 1.807) is 0 Å². The molecule has 4 aliphatic carbocycles. The Morgan fingerprint density at radius 2 is 1.50 bits per heavy atom. The average Bonchev–Trinajstić information content (AvgIpc) is 2.51. The molecule has 2 unspecified atom stereocenters. The van der Waals surface area contributed by atoms with Crippen LogP contribution < -0.4 is 0 Å². The molecule has 0 aromatic carbocycles. The number of rotatable bonds is 7. The maximum Gasteiger partial charge on any atom is 0.380 e. The lowest BCUT2D eigenvalue weighted by Gasteiger charge is -2.61. The van der Waals surface area contributed by atoms with E-state index in [2.05, 4.69) is 15.9 Å². The molecule has 4 saturated carbocycles. The van der Waals surface area contributed by atoms with Gasteiger partial charge >= 0.3 is 24.2 Å². The molecule has 0 spiro atoms. The Balaban J connectivity index is 1.76. The van der Waals surface area contributed by atoms with E-state index in [1.807, 2.05) is 0 Å². The summed E-state index contributed by atoms with van der Waals surface area (Å²) in [5, 5.41) is 0.619. The van der Waals surface area contributed by atoms with Crippen LogP contribution in [0.2, 0.25) is 0 Å². The number of hydrogen-bond acceptors (Lipinski definition) is 1. The van der Waals surface area contributed by atoms with Gasteiger partial charge in [0.05, 0.1) is 5.60 Å². The summed E-state index contributed by atoms with van der Waals surface area (Å²) in [4.78, 5) is 0. The molecule has 0 aliphatic heterocycles. The Labute approximate surface area is 154 Å². The summed E-state index contributed by atoms with van der Waals surface area (Å²) in [7, 11) is 0. The van der Waals surface area contributed by atoms with Gasteiger partial charge in [0.1, 0.15) is 6.61 Å². The van der Waals surface area contributed by atoms with Crippen LogP contribution in [-0.2, 0) is 4.74 Å². The van der Waals surface area contributed by atoms with Gasteiger partial charge in [-0.2, -0.15) is 26.3 Å². The Morgan fingerprint density at radius 1 is 0.962 bits per heavy atom. The number of ether oxygens (including phenoxy) is 1. The standard InChI is InChI=1S/C16H19BrF8O/c17-7-12-2-9-1-10(3-12)5-13(4-9,6-12)26-8-14(20,21)16(24,25)15(22,23)11(18)19/h9-11H,1-8H2. The molecular formula is C16H19BrF8O. The van der Waals surface area contributed by atoms with Crippen molar-refractivity contribution in [3.05, 3.63) is 0 Å². The van der Waals surface area contributed by atoms with Crippen molar-refractivity contribution in [1.82, 2.24) is 0 Å². The van der Waals surface area contributed by atoms with Gasteiger partial charge in [-0.3, -0.25) is 0 Å². The van der Waals surface area contributed by atoms with E-state index in [0.29, 0.717) is 24.6 Å². The Hall–Kier alpha value is -0.120. The van der Waals surface area contributed by atoms with Crippen molar-refractivity contribution < 1.29 is 39.9 Å². The molecule has 0 heterocycles. The van der Waals surface area contributed by atoms with Crippen LogP contribution in [0.5, 0.6) is 0 Å². The van der Waals surface area contributed by atoms with Gasteiger partial charge in [-0.1, -0.05) is 15.9 Å². The van der Waals surface area contributed by atoms with Crippen LogP contribution in [0.3, 0.4) is 0 Å². The molecule has 4 rings (SSSR count). The molecule has 0 radical (unpaired) electrons. The van der Waals surface area contributed by atoms with Crippen LogP contribution >= 0.6 is 15.9 Å². The minimum absolute atomic E-state index is 0.172. The molecule has 4 fully saturated rings. The highest BCUT2D eigenvalue weighted by atomic mass is 79.9. The first-order valence-corrected chi connectivity index (χ1v) is 9.52. The van der Waals surface area contributed by atoms with Gasteiger partial charge in [0.2, 0.25) is 0 Å². The number of alkyl halides is 9. The van der Waals surface area contributed by atoms with Gasteiger partial charge in [0, 0.05) is 5.33 Å². The average molecular weight is 459 g/mol. The molecule has 152 valence electrons. The third-order valence-corrected chi connectivity index (χ3v) is 7.31. The van der Waals surface area contributed by atoms with Gasteiger partial charge in [-0.15, -0.1) is 0 Å². The summed E-state index contributed by atoms with van der Waals surface area (Å²) in [6.07, 6.45) is -1.03. The maximum atomic E-state index is 13.8. The second-order valence-electron chi connectivity index (χ2n) is 8.27. The molecule has 0 aromatic heterocycles. The first kappa shape index (κ1) is 20.6. The van der Waals surface area contributed by atoms with E-state index in [0.717, 1.165) is 19.3 Å². The second kappa shape index (κ2) is 6.19. The minimum atomic E-state index is -6.20. The molecule has 26 heavy (non-hydrogen) atoms. The van der Waals surface area contributed by atoms with Crippen molar-refractivity contribution in [3.8, 4) is 0 Å². The monoisotopic (exact) mass is 458 g/mol. The largest absolute Gasteiger partial charge is 0.380 e. The van der Waals surface area contributed by atoms with Crippen molar-refractivity contribution in [2.75, 3.05) is 11.9 Å². The first-order valence-electron chi connectivity index (χ1n) is 8.40. The van der Waals surface area contributed by atoms with Crippen molar-refractivity contribution in [2.45, 2.75) is 68.3 Å². The van der Waals surface area contributed by atoms with E-state index in [9.17, 15) is 35.1 Å². The van der Waals surface area contributed by atoms with E-state index in [1.165, 1.54) is 0 Å². The molecule has 2 atom stereocenters. The van der Waals surface area contributed by atoms with Crippen LogP contribution in [0.1, 0.15) is 38.5 Å². The summed E-state index contributed by atoms with van der Waals surface area (Å²) in [5.74, 6) is -17.3. The zero-order chi connectivity index (χ0) is 19.6. The highest BCUT2D eigenvalue weighted by Gasteiger charge is 2.75. The highest BCUT2D eigenvalue weighted by Crippen LogP contribution is 2.63. The Bertz CT molecular complexity index is 538. The lowest BCUT2D eigenvalue weighted by atomic mass is 9.48. The van der Waals surface area contributed by atoms with Crippen LogP contribution in [-0.4, -0.2) is 41.7 Å². The molecule has 10 heteroatoms. The zero-order valence-electron chi connectivity index (χ0n) is 13.7. The van der Waals surface area contributed by atoms with Crippen LogP contribution in [0.4, 0.5) is 35.1 Å². The Kier molecular flexibility index (Phi) is 4.91. The van der Waals surface area contributed by atoms with E-state index in [-0.39, 0.29) is 17.3 Å². The normalized spacial score (nSPS) is 37.6. The first-order chi connectivity index (χ1) is 11.8. The minimum Gasteiger partial charge on any atom is -0.368 e. The number of hydrogen-bond donors (Lipinski definition) is 0. The topological polar surface area (TPSA) is 9.23 Å². The molecule has 0 saturated heterocycles. The molecule has 4 bridgehead atoms. The van der Waals surface area contributed by atoms with E-state index < -0.39 is 36.4 Å². The Morgan fingerprint density at radius 3 is 1.96 bits per heavy atom. The lowest BCUT2D eigenvalue weighted by molar-refractivity contribution is -0.353. The molecule has 0 amide bonds. The fourth-order valence-corrected chi connectivity index (χ4v) is 6.06. The fraction of sp³-hybridized carbons (Fsp3) is 1.00. The van der Waals surface area contributed by atoms with Gasteiger partial charge in [-0.25, -0.2) is 8.78 Å². The number of halogens is 9. The van der Waals surface area contributed by atoms with Gasteiger partial charge in [0.25, 0.3) is 0 Å². The smallest absolute Gasteiger partial charge is 0.368 e. The van der Waals surface area contributed by atoms with Gasteiger partial charge < -0.3 is 4.74 Å². The summed E-state index contributed by atoms with van der Waals surface area (Å²) in [6, 6.07) is 0. The van der Waals surface area contributed by atoms with Crippen molar-refractivity contribution in [3.63, 3.8) is 0 Å². The molecular weight excluding hydrogens is 440 g/mol. The molecule has 0 aromatic rings. The summed E-state index contributed by atoms with van der Waals surface area (Å²) < 4.78 is 110. The van der Waals surface area contributed by atoms with Gasteiger partial charge in [-0.05, 0) is 55.8 Å². The van der Waals surface area contributed by atoms with Crippen LogP contribution in [0, 0.1) is 17.3 Å². The third-order valence-electron chi connectivity index (χ3n) is 6.12. The predicted octanol–water partition coefficient (Wildman–Crippen LogP) is 5.91. The highest BCUT2D eigenvalue weighted by molar-refractivity contribution is 9.09. The maximum absolute atomic E-state index is 13.8. The van der Waals surface area contributed by atoms with Crippen LogP contribution in [0.15, 0.2) is 0 Å². The summed E-state index contributed by atoms with van der Waals surface area (Å²) in [5.41, 5.74) is -1.24. The summed E-state index contributed by atoms with van der Waals surface area (Å²) >= 11 is 3.42. The fourth-order valence-electron chi connectivity index (χ4n) is 5.41. The zero-order valence-corrected chi connectivity index (χ0v) is 15.3.